The number of hydrogen-bond acceptors (Lipinski definition) is 1. The predicted molar refractivity (Wildman–Crippen MR) is 90.1 cm³/mol. The molecule has 1 amide bonds. The number of rotatable bonds is 6. The van der Waals surface area contributed by atoms with Gasteiger partial charge in [-0.15, -0.1) is 0 Å². The Morgan fingerprint density at radius 1 is 1.04 bits per heavy atom. The van der Waals surface area contributed by atoms with Gasteiger partial charge in [0.05, 0.1) is 5.56 Å². The fourth-order valence-electron chi connectivity index (χ4n) is 3.05. The van der Waals surface area contributed by atoms with Gasteiger partial charge in [-0.2, -0.15) is 13.2 Å². The van der Waals surface area contributed by atoms with Gasteiger partial charge in [0.2, 0.25) is 5.91 Å². The molecule has 5 heteroatoms. The zero-order chi connectivity index (χ0) is 17.9. The number of benzene rings is 2. The van der Waals surface area contributed by atoms with E-state index in [1.54, 1.807) is 0 Å². The van der Waals surface area contributed by atoms with Crippen molar-refractivity contribution in [3.05, 3.63) is 71.3 Å². The van der Waals surface area contributed by atoms with E-state index in [-0.39, 0.29) is 17.7 Å². The maximum absolute atomic E-state index is 12.6. The molecule has 1 N–H and O–H groups in total. The van der Waals surface area contributed by atoms with Crippen molar-refractivity contribution < 1.29 is 18.0 Å². The van der Waals surface area contributed by atoms with E-state index in [0.717, 1.165) is 30.5 Å². The maximum atomic E-state index is 12.6. The van der Waals surface area contributed by atoms with E-state index in [4.69, 9.17) is 0 Å². The van der Waals surface area contributed by atoms with Gasteiger partial charge in [-0.3, -0.25) is 4.79 Å². The molecule has 0 saturated heterocycles. The average Bonchev–Trinajstić information content (AvgIpc) is 3.40. The van der Waals surface area contributed by atoms with Gasteiger partial charge in [0.1, 0.15) is 0 Å². The number of amides is 1. The zero-order valence-electron chi connectivity index (χ0n) is 13.7. The Hall–Kier alpha value is -2.30. The molecule has 1 aliphatic rings. The van der Waals surface area contributed by atoms with Crippen molar-refractivity contribution in [3.8, 4) is 0 Å². The molecule has 0 aromatic heterocycles. The minimum atomic E-state index is -4.32. The van der Waals surface area contributed by atoms with Gasteiger partial charge < -0.3 is 5.32 Å². The molecule has 0 aliphatic heterocycles. The fraction of sp³-hybridized carbons (Fsp3) is 0.350. The second-order valence-corrected chi connectivity index (χ2v) is 6.45. The van der Waals surface area contributed by atoms with Gasteiger partial charge in [0.25, 0.3) is 0 Å². The second-order valence-electron chi connectivity index (χ2n) is 6.45. The smallest absolute Gasteiger partial charge is 0.356 e. The summed E-state index contributed by atoms with van der Waals surface area (Å²) in [6.45, 7) is 0.615. The Labute approximate surface area is 145 Å². The first-order valence-electron chi connectivity index (χ1n) is 8.44. The van der Waals surface area contributed by atoms with Crippen LogP contribution in [0, 0.1) is 5.92 Å². The molecule has 0 bridgehead atoms. The highest BCUT2D eigenvalue weighted by atomic mass is 19.4. The standard InChI is InChI=1S/C20H20F3NO/c21-20(22,23)16-10-8-15(9-11-16)17-13-18(17)19(25)24-12-4-7-14-5-2-1-3-6-14/h1-3,5-6,8-11,17-18H,4,7,12-13H2,(H,24,25). The van der Waals surface area contributed by atoms with Crippen LogP contribution in [0.25, 0.3) is 0 Å². The summed E-state index contributed by atoms with van der Waals surface area (Å²) in [4.78, 5) is 12.1. The molecule has 0 heterocycles. The summed E-state index contributed by atoms with van der Waals surface area (Å²) < 4.78 is 37.7. The first kappa shape index (κ1) is 17.5. The van der Waals surface area contributed by atoms with Crippen molar-refractivity contribution in [3.63, 3.8) is 0 Å². The Morgan fingerprint density at radius 3 is 2.36 bits per heavy atom. The summed E-state index contributed by atoms with van der Waals surface area (Å²) >= 11 is 0. The van der Waals surface area contributed by atoms with Crippen molar-refractivity contribution in [2.24, 2.45) is 5.92 Å². The van der Waals surface area contributed by atoms with Crippen LogP contribution in [-0.4, -0.2) is 12.5 Å². The monoisotopic (exact) mass is 347 g/mol. The van der Waals surface area contributed by atoms with Gasteiger partial charge in [-0.1, -0.05) is 42.5 Å². The molecule has 25 heavy (non-hydrogen) atoms. The molecule has 2 nitrogen and oxygen atoms in total. The minimum absolute atomic E-state index is 0.00189. The van der Waals surface area contributed by atoms with Gasteiger partial charge in [-0.25, -0.2) is 0 Å². The summed E-state index contributed by atoms with van der Waals surface area (Å²) in [6.07, 6.45) is -1.84. The first-order chi connectivity index (χ1) is 11.9. The molecule has 0 spiro atoms. The molecule has 132 valence electrons. The van der Waals surface area contributed by atoms with E-state index in [9.17, 15) is 18.0 Å². The lowest BCUT2D eigenvalue weighted by Crippen LogP contribution is -2.26. The zero-order valence-corrected chi connectivity index (χ0v) is 13.7. The van der Waals surface area contributed by atoms with Gasteiger partial charge in [0, 0.05) is 12.5 Å². The highest BCUT2D eigenvalue weighted by Crippen LogP contribution is 2.47. The quantitative estimate of drug-likeness (QED) is 0.763. The second kappa shape index (κ2) is 7.30. The Kier molecular flexibility index (Phi) is 5.11. The number of halogens is 3. The number of nitrogens with one attached hydrogen (secondary N) is 1. The van der Waals surface area contributed by atoms with Crippen LogP contribution in [0.1, 0.15) is 35.4 Å². The molecule has 2 aromatic carbocycles. The molecule has 1 fully saturated rings. The van der Waals surface area contributed by atoms with Gasteiger partial charge >= 0.3 is 6.18 Å². The minimum Gasteiger partial charge on any atom is -0.356 e. The molecule has 3 rings (SSSR count). The number of carbonyl (C=O) groups excluding carboxylic acids is 1. The number of aryl methyl sites for hydroxylation is 1. The van der Waals surface area contributed by atoms with E-state index >= 15 is 0 Å². The number of carbonyl (C=O) groups is 1. The Bertz CT molecular complexity index is 710. The fourth-order valence-corrected chi connectivity index (χ4v) is 3.05. The number of alkyl halides is 3. The van der Waals surface area contributed by atoms with E-state index < -0.39 is 11.7 Å². The third kappa shape index (κ3) is 4.62. The largest absolute Gasteiger partial charge is 0.416 e. The Balaban J connectivity index is 1.43. The van der Waals surface area contributed by atoms with E-state index in [0.29, 0.717) is 13.0 Å². The molecule has 2 unspecified atom stereocenters. The normalized spacial score (nSPS) is 19.5. The maximum Gasteiger partial charge on any atom is 0.416 e. The summed E-state index contributed by atoms with van der Waals surface area (Å²) in [7, 11) is 0. The van der Waals surface area contributed by atoms with Crippen molar-refractivity contribution in [2.45, 2.75) is 31.4 Å². The predicted octanol–water partition coefficient (Wildman–Crippen LogP) is 4.56. The first-order valence-corrected chi connectivity index (χ1v) is 8.44. The number of hydrogen-bond donors (Lipinski definition) is 1. The molecule has 1 saturated carbocycles. The summed E-state index contributed by atoms with van der Waals surface area (Å²) in [5, 5.41) is 2.93. The van der Waals surface area contributed by atoms with E-state index in [2.05, 4.69) is 17.4 Å². The molecule has 2 atom stereocenters. The van der Waals surface area contributed by atoms with Crippen LogP contribution in [-0.2, 0) is 17.4 Å². The lowest BCUT2D eigenvalue weighted by atomic mass is 10.1. The third-order valence-electron chi connectivity index (χ3n) is 4.58. The molecule has 2 aromatic rings. The van der Waals surface area contributed by atoms with Gasteiger partial charge in [0.15, 0.2) is 0 Å². The molecular formula is C20H20F3NO. The van der Waals surface area contributed by atoms with Crippen LogP contribution in [0.4, 0.5) is 13.2 Å². The highest BCUT2D eigenvalue weighted by Gasteiger charge is 2.44. The summed E-state index contributed by atoms with van der Waals surface area (Å²) in [6, 6.07) is 15.2. The molecule has 0 radical (unpaired) electrons. The average molecular weight is 347 g/mol. The van der Waals surface area contributed by atoms with Crippen LogP contribution in [0.2, 0.25) is 0 Å². The topological polar surface area (TPSA) is 29.1 Å². The highest BCUT2D eigenvalue weighted by molar-refractivity contribution is 5.82. The van der Waals surface area contributed by atoms with Crippen LogP contribution in [0.5, 0.6) is 0 Å². The van der Waals surface area contributed by atoms with Crippen molar-refractivity contribution in [2.75, 3.05) is 6.54 Å². The van der Waals surface area contributed by atoms with Crippen LogP contribution < -0.4 is 5.32 Å². The SMILES string of the molecule is O=C(NCCCc1ccccc1)C1CC1c1ccc(C(F)(F)F)cc1. The van der Waals surface area contributed by atoms with Crippen molar-refractivity contribution >= 4 is 5.91 Å². The molecule has 1 aliphatic carbocycles. The van der Waals surface area contributed by atoms with Crippen molar-refractivity contribution in [1.29, 1.82) is 0 Å². The van der Waals surface area contributed by atoms with Crippen LogP contribution in [0.3, 0.4) is 0 Å². The Morgan fingerprint density at radius 2 is 1.72 bits per heavy atom. The van der Waals surface area contributed by atoms with Crippen molar-refractivity contribution in [1.82, 2.24) is 5.32 Å². The lowest BCUT2D eigenvalue weighted by molar-refractivity contribution is -0.137. The molecular weight excluding hydrogens is 327 g/mol. The van der Waals surface area contributed by atoms with Gasteiger partial charge in [-0.05, 0) is 48.4 Å². The lowest BCUT2D eigenvalue weighted by Gasteiger charge is -2.08. The van der Waals surface area contributed by atoms with E-state index in [1.807, 2.05) is 18.2 Å². The van der Waals surface area contributed by atoms with Crippen LogP contribution in [0.15, 0.2) is 54.6 Å². The third-order valence-corrected chi connectivity index (χ3v) is 4.58. The van der Waals surface area contributed by atoms with Crippen LogP contribution >= 0.6 is 0 Å². The summed E-state index contributed by atoms with van der Waals surface area (Å²) in [5.41, 5.74) is 1.39. The summed E-state index contributed by atoms with van der Waals surface area (Å²) in [5.74, 6) is -0.0807. The van der Waals surface area contributed by atoms with E-state index in [1.165, 1.54) is 17.7 Å².